The second kappa shape index (κ2) is 7.89. The average Bonchev–Trinajstić information content (AvgIpc) is 2.68. The summed E-state index contributed by atoms with van der Waals surface area (Å²) in [7, 11) is 0. The van der Waals surface area contributed by atoms with E-state index in [0.717, 1.165) is 15.4 Å². The van der Waals surface area contributed by atoms with Crippen molar-refractivity contribution < 1.29 is 13.9 Å². The lowest BCUT2D eigenvalue weighted by molar-refractivity contribution is 0.102. The number of anilines is 1. The Morgan fingerprint density at radius 3 is 2.72 bits per heavy atom. The summed E-state index contributed by atoms with van der Waals surface area (Å²) in [4.78, 5) is 28.3. The molecule has 0 bridgehead atoms. The molecule has 1 N–H and O–H groups in total. The number of rotatable bonds is 4. The Hall–Kier alpha value is -3.45. The summed E-state index contributed by atoms with van der Waals surface area (Å²) in [6.07, 6.45) is 1.44. The normalized spacial score (nSPS) is 10.7. The zero-order valence-corrected chi connectivity index (χ0v) is 16.9. The molecule has 0 radical (unpaired) electrons. The molecule has 2 aromatic carbocycles. The lowest BCUT2D eigenvalue weighted by Crippen LogP contribution is -2.12. The number of aromatic nitrogens is 1. The first-order valence-electron chi connectivity index (χ1n) is 8.73. The van der Waals surface area contributed by atoms with Crippen LogP contribution in [-0.4, -0.2) is 10.9 Å². The van der Waals surface area contributed by atoms with Crippen LogP contribution in [-0.2, 0) is 0 Å². The van der Waals surface area contributed by atoms with Crippen molar-refractivity contribution in [2.24, 2.45) is 0 Å². The first-order chi connectivity index (χ1) is 14.0. The van der Waals surface area contributed by atoms with Crippen LogP contribution in [0.2, 0.25) is 0 Å². The van der Waals surface area contributed by atoms with Crippen molar-refractivity contribution in [3.63, 3.8) is 0 Å². The zero-order valence-electron chi connectivity index (χ0n) is 15.3. The lowest BCUT2D eigenvalue weighted by atomic mass is 10.1. The largest absolute Gasteiger partial charge is 0.439 e. The van der Waals surface area contributed by atoms with Crippen molar-refractivity contribution in [2.75, 3.05) is 5.32 Å². The molecule has 0 aliphatic carbocycles. The molecule has 2 heterocycles. The van der Waals surface area contributed by atoms with Crippen molar-refractivity contribution in [1.82, 2.24) is 4.98 Å². The maximum Gasteiger partial charge on any atom is 0.336 e. The number of hydrogen-bond acceptors (Lipinski definition) is 5. The SMILES string of the molecule is Cc1cc(=O)oc2cc(NC(=O)c3ccc(Oc4cccc(Br)c4)nc3)ccc12. The highest BCUT2D eigenvalue weighted by Gasteiger charge is 2.10. The van der Waals surface area contributed by atoms with Crippen molar-refractivity contribution in [3.8, 4) is 11.6 Å². The number of pyridine rings is 1. The fourth-order valence-corrected chi connectivity index (χ4v) is 3.21. The van der Waals surface area contributed by atoms with E-state index in [1.807, 2.05) is 31.2 Å². The minimum absolute atomic E-state index is 0.333. The van der Waals surface area contributed by atoms with Crippen LogP contribution in [0.15, 0.2) is 80.5 Å². The van der Waals surface area contributed by atoms with Gasteiger partial charge in [0.25, 0.3) is 5.91 Å². The van der Waals surface area contributed by atoms with Crippen LogP contribution in [0.3, 0.4) is 0 Å². The third-order valence-electron chi connectivity index (χ3n) is 4.23. The molecule has 4 aromatic rings. The van der Waals surface area contributed by atoms with Crippen LogP contribution >= 0.6 is 15.9 Å². The molecule has 1 amide bonds. The van der Waals surface area contributed by atoms with Gasteiger partial charge in [0, 0.05) is 39.9 Å². The monoisotopic (exact) mass is 450 g/mol. The molecule has 7 heteroatoms. The summed E-state index contributed by atoms with van der Waals surface area (Å²) in [5, 5.41) is 3.60. The lowest BCUT2D eigenvalue weighted by Gasteiger charge is -2.08. The van der Waals surface area contributed by atoms with E-state index in [4.69, 9.17) is 9.15 Å². The van der Waals surface area contributed by atoms with E-state index in [2.05, 4.69) is 26.2 Å². The zero-order chi connectivity index (χ0) is 20.4. The summed E-state index contributed by atoms with van der Waals surface area (Å²) >= 11 is 3.38. The van der Waals surface area contributed by atoms with Gasteiger partial charge in [0.1, 0.15) is 11.3 Å². The van der Waals surface area contributed by atoms with Crippen LogP contribution in [0.1, 0.15) is 15.9 Å². The van der Waals surface area contributed by atoms with Crippen LogP contribution < -0.4 is 15.7 Å². The van der Waals surface area contributed by atoms with Crippen molar-refractivity contribution >= 4 is 38.5 Å². The van der Waals surface area contributed by atoms with Crippen LogP contribution in [0.25, 0.3) is 11.0 Å². The predicted octanol–water partition coefficient (Wildman–Crippen LogP) is 5.30. The fourth-order valence-electron chi connectivity index (χ4n) is 2.83. The Labute approximate surface area is 174 Å². The summed E-state index contributed by atoms with van der Waals surface area (Å²) in [6.45, 7) is 1.83. The van der Waals surface area contributed by atoms with Crippen molar-refractivity contribution in [2.45, 2.75) is 6.92 Å². The molecule has 0 unspecified atom stereocenters. The Kier molecular flexibility index (Phi) is 5.14. The third-order valence-corrected chi connectivity index (χ3v) is 4.72. The summed E-state index contributed by atoms with van der Waals surface area (Å²) in [5.41, 5.74) is 1.70. The van der Waals surface area contributed by atoms with E-state index in [1.54, 1.807) is 30.3 Å². The van der Waals surface area contributed by atoms with Gasteiger partial charge >= 0.3 is 5.63 Å². The molecule has 0 spiro atoms. The number of carbonyl (C=O) groups excluding carboxylic acids is 1. The molecule has 29 heavy (non-hydrogen) atoms. The molecule has 4 rings (SSSR count). The predicted molar refractivity (Wildman–Crippen MR) is 114 cm³/mol. The van der Waals surface area contributed by atoms with Gasteiger partial charge in [0.2, 0.25) is 5.88 Å². The van der Waals surface area contributed by atoms with Gasteiger partial charge < -0.3 is 14.5 Å². The molecule has 0 aliphatic heterocycles. The van der Waals surface area contributed by atoms with Gasteiger partial charge in [-0.2, -0.15) is 0 Å². The van der Waals surface area contributed by atoms with E-state index >= 15 is 0 Å². The molecule has 0 aliphatic rings. The molecule has 0 fully saturated rings. The second-order valence-corrected chi connectivity index (χ2v) is 7.27. The molecule has 0 atom stereocenters. The molecule has 144 valence electrons. The minimum atomic E-state index is -0.427. The van der Waals surface area contributed by atoms with E-state index in [0.29, 0.717) is 28.5 Å². The number of nitrogens with zero attached hydrogens (tertiary/aromatic N) is 1. The van der Waals surface area contributed by atoms with Crippen molar-refractivity contribution in [1.29, 1.82) is 0 Å². The standard InChI is InChI=1S/C22H15BrN2O4/c1-13-9-21(26)29-19-11-16(6-7-18(13)19)25-22(27)14-5-8-20(24-12-14)28-17-4-2-3-15(23)10-17/h2-12H,1H3,(H,25,27). The number of fused-ring (bicyclic) bond motifs is 1. The molecular formula is C22H15BrN2O4. The van der Waals surface area contributed by atoms with Gasteiger partial charge in [-0.1, -0.05) is 22.0 Å². The summed E-state index contributed by atoms with van der Waals surface area (Å²) in [5.74, 6) is 0.681. The minimum Gasteiger partial charge on any atom is -0.439 e. The number of halogens is 1. The van der Waals surface area contributed by atoms with Crippen molar-refractivity contribution in [3.05, 3.63) is 92.9 Å². The van der Waals surface area contributed by atoms with E-state index in [9.17, 15) is 9.59 Å². The average molecular weight is 451 g/mol. The highest BCUT2D eigenvalue weighted by molar-refractivity contribution is 9.10. The van der Waals surface area contributed by atoms with Gasteiger partial charge in [-0.3, -0.25) is 4.79 Å². The Morgan fingerprint density at radius 1 is 1.10 bits per heavy atom. The molecular weight excluding hydrogens is 436 g/mol. The van der Waals surface area contributed by atoms with E-state index < -0.39 is 5.63 Å². The Morgan fingerprint density at radius 2 is 1.97 bits per heavy atom. The van der Waals surface area contributed by atoms with Gasteiger partial charge in [0.05, 0.1) is 5.56 Å². The van der Waals surface area contributed by atoms with E-state index in [1.165, 1.54) is 12.3 Å². The number of nitrogens with one attached hydrogen (secondary N) is 1. The number of aryl methyl sites for hydroxylation is 1. The number of hydrogen-bond donors (Lipinski definition) is 1. The smallest absolute Gasteiger partial charge is 0.336 e. The first-order valence-corrected chi connectivity index (χ1v) is 9.52. The molecule has 6 nitrogen and oxygen atoms in total. The molecule has 0 saturated heterocycles. The molecule has 0 saturated carbocycles. The quantitative estimate of drug-likeness (QED) is 0.426. The van der Waals surface area contributed by atoms with Crippen LogP contribution in [0.4, 0.5) is 5.69 Å². The van der Waals surface area contributed by atoms with Crippen LogP contribution in [0.5, 0.6) is 11.6 Å². The number of amides is 1. The maximum absolute atomic E-state index is 12.5. The van der Waals surface area contributed by atoms with Gasteiger partial charge in [-0.15, -0.1) is 0 Å². The maximum atomic E-state index is 12.5. The fraction of sp³-hybridized carbons (Fsp3) is 0.0455. The topological polar surface area (TPSA) is 81.4 Å². The highest BCUT2D eigenvalue weighted by Crippen LogP contribution is 2.24. The first kappa shape index (κ1) is 18.9. The van der Waals surface area contributed by atoms with Crippen LogP contribution in [0, 0.1) is 6.92 Å². The summed E-state index contributed by atoms with van der Waals surface area (Å²) < 4.78 is 11.8. The summed E-state index contributed by atoms with van der Waals surface area (Å²) in [6, 6.07) is 17.3. The molecule has 2 aromatic heterocycles. The van der Waals surface area contributed by atoms with Gasteiger partial charge in [-0.25, -0.2) is 9.78 Å². The Bertz CT molecular complexity index is 1270. The highest BCUT2D eigenvalue weighted by atomic mass is 79.9. The third kappa shape index (κ3) is 4.35. The second-order valence-electron chi connectivity index (χ2n) is 6.36. The van der Waals surface area contributed by atoms with E-state index in [-0.39, 0.29) is 5.91 Å². The number of carbonyl (C=O) groups is 1. The van der Waals surface area contributed by atoms with Gasteiger partial charge in [0.15, 0.2) is 0 Å². The Balaban J connectivity index is 1.50. The number of benzene rings is 2. The van der Waals surface area contributed by atoms with Gasteiger partial charge in [-0.05, 0) is 48.9 Å². The number of ether oxygens (including phenoxy) is 1.